The van der Waals surface area contributed by atoms with Gasteiger partial charge in [0, 0.05) is 43.8 Å². The number of ether oxygens (including phenoxy) is 1. The van der Waals surface area contributed by atoms with Crippen molar-refractivity contribution in [2.45, 2.75) is 38.0 Å². The fourth-order valence-corrected chi connectivity index (χ4v) is 4.58. The van der Waals surface area contributed by atoms with Gasteiger partial charge in [-0.05, 0) is 54.7 Å². The Morgan fingerprint density at radius 1 is 1.13 bits per heavy atom. The first-order valence-electron chi connectivity index (χ1n) is 11.0. The number of amides is 2. The third-order valence-corrected chi connectivity index (χ3v) is 6.66. The zero-order chi connectivity index (χ0) is 21.8. The average Bonchev–Trinajstić information content (AvgIpc) is 3.20. The highest BCUT2D eigenvalue weighted by molar-refractivity contribution is 6.00. The summed E-state index contributed by atoms with van der Waals surface area (Å²) in [6.07, 6.45) is 2.69. The average molecular weight is 425 g/mol. The van der Waals surface area contributed by atoms with Gasteiger partial charge in [-0.15, -0.1) is 0 Å². The summed E-state index contributed by atoms with van der Waals surface area (Å²) >= 11 is 0. The summed E-state index contributed by atoms with van der Waals surface area (Å²) in [4.78, 5) is 27.2. The maximum absolute atomic E-state index is 13.4. The fourth-order valence-electron chi connectivity index (χ4n) is 4.58. The van der Waals surface area contributed by atoms with Gasteiger partial charge in [-0.25, -0.2) is 4.39 Å². The van der Waals surface area contributed by atoms with E-state index < -0.39 is 0 Å². The van der Waals surface area contributed by atoms with Crippen molar-refractivity contribution in [1.29, 1.82) is 0 Å². The minimum Gasteiger partial charge on any atom is -0.381 e. The Balaban J connectivity index is 1.42. The number of nitrogens with zero attached hydrogens (tertiary/aromatic N) is 1. The van der Waals surface area contributed by atoms with Crippen LogP contribution in [0.3, 0.4) is 0 Å². The van der Waals surface area contributed by atoms with Crippen LogP contribution in [-0.4, -0.2) is 38.1 Å². The van der Waals surface area contributed by atoms with E-state index in [9.17, 15) is 14.0 Å². The summed E-state index contributed by atoms with van der Waals surface area (Å²) in [5.74, 6) is -0.771. The van der Waals surface area contributed by atoms with E-state index in [0.29, 0.717) is 26.3 Å². The molecule has 1 N–H and O–H groups in total. The first-order valence-corrected chi connectivity index (χ1v) is 11.0. The number of hydrogen-bond acceptors (Lipinski definition) is 3. The molecule has 1 atom stereocenters. The van der Waals surface area contributed by atoms with Crippen molar-refractivity contribution in [3.8, 4) is 0 Å². The first-order chi connectivity index (χ1) is 15.0. The molecule has 1 unspecified atom stereocenters. The van der Waals surface area contributed by atoms with Crippen molar-refractivity contribution in [2.75, 3.05) is 31.2 Å². The van der Waals surface area contributed by atoms with Crippen LogP contribution in [0.15, 0.2) is 48.5 Å². The lowest BCUT2D eigenvalue weighted by atomic mass is 9.74. The van der Waals surface area contributed by atoms with Crippen LogP contribution >= 0.6 is 0 Å². The van der Waals surface area contributed by atoms with E-state index in [1.54, 1.807) is 17.0 Å². The lowest BCUT2D eigenvalue weighted by molar-refractivity contribution is -0.126. The van der Waals surface area contributed by atoms with E-state index in [4.69, 9.17) is 4.74 Å². The Kier molecular flexibility index (Phi) is 6.37. The number of benzene rings is 2. The number of halogens is 1. The van der Waals surface area contributed by atoms with Crippen molar-refractivity contribution in [3.63, 3.8) is 0 Å². The minimum atomic E-state index is -0.372. The van der Waals surface area contributed by atoms with E-state index in [0.717, 1.165) is 30.5 Å². The summed E-state index contributed by atoms with van der Waals surface area (Å²) in [6, 6.07) is 14.5. The zero-order valence-electron chi connectivity index (χ0n) is 17.9. The molecule has 0 bridgehead atoms. The Labute approximate surface area is 182 Å². The number of carbonyl (C=O) groups excluding carboxylic acids is 2. The van der Waals surface area contributed by atoms with Gasteiger partial charge in [0.2, 0.25) is 11.8 Å². The van der Waals surface area contributed by atoms with Crippen molar-refractivity contribution >= 4 is 17.5 Å². The van der Waals surface area contributed by atoms with Crippen LogP contribution in [-0.2, 0) is 26.2 Å². The van der Waals surface area contributed by atoms with E-state index in [2.05, 4.69) is 12.2 Å². The molecule has 31 heavy (non-hydrogen) atoms. The fraction of sp³-hybridized carbons (Fsp3) is 0.440. The van der Waals surface area contributed by atoms with Crippen molar-refractivity contribution in [3.05, 3.63) is 65.5 Å². The monoisotopic (exact) mass is 424 g/mol. The number of anilines is 1. The van der Waals surface area contributed by atoms with Gasteiger partial charge >= 0.3 is 0 Å². The molecular formula is C25H29FN2O3. The molecular weight excluding hydrogens is 395 g/mol. The standard InChI is InChI=1S/C25H29FN2O3/c1-2-18-3-9-22(10-4-18)28-16-19(15-23(28)29)24(30)27-17-25(11-13-31-14-12-25)20-5-7-21(26)8-6-20/h3-10,19H,2,11-17H2,1H3,(H,27,30). The topological polar surface area (TPSA) is 58.6 Å². The first kappa shape index (κ1) is 21.5. The Morgan fingerprint density at radius 2 is 1.81 bits per heavy atom. The van der Waals surface area contributed by atoms with Gasteiger partial charge in [0.1, 0.15) is 5.82 Å². The summed E-state index contributed by atoms with van der Waals surface area (Å²) < 4.78 is 19.0. The highest BCUT2D eigenvalue weighted by Crippen LogP contribution is 2.35. The largest absolute Gasteiger partial charge is 0.381 e. The van der Waals surface area contributed by atoms with Crippen LogP contribution in [0.4, 0.5) is 10.1 Å². The SMILES string of the molecule is CCc1ccc(N2CC(C(=O)NCC3(c4ccc(F)cc4)CCOCC3)CC2=O)cc1. The van der Waals surface area contributed by atoms with Crippen LogP contribution in [0.25, 0.3) is 0 Å². The summed E-state index contributed by atoms with van der Waals surface area (Å²) in [5.41, 5.74) is 2.79. The molecule has 2 aliphatic heterocycles. The summed E-state index contributed by atoms with van der Waals surface area (Å²) in [5, 5.41) is 3.09. The molecule has 2 amide bonds. The van der Waals surface area contributed by atoms with Crippen LogP contribution in [0.5, 0.6) is 0 Å². The van der Waals surface area contributed by atoms with E-state index in [-0.39, 0.29) is 35.4 Å². The number of rotatable bonds is 6. The lowest BCUT2D eigenvalue weighted by Gasteiger charge is -2.38. The Morgan fingerprint density at radius 3 is 2.45 bits per heavy atom. The molecule has 2 aromatic rings. The van der Waals surface area contributed by atoms with Gasteiger partial charge in [-0.2, -0.15) is 0 Å². The Bertz CT molecular complexity index is 921. The molecule has 2 saturated heterocycles. The van der Waals surface area contributed by atoms with E-state index in [1.165, 1.54) is 17.7 Å². The molecule has 2 fully saturated rings. The van der Waals surface area contributed by atoms with Gasteiger partial charge < -0.3 is 15.0 Å². The molecule has 2 aliphatic rings. The molecule has 2 aromatic carbocycles. The van der Waals surface area contributed by atoms with Crippen molar-refractivity contribution in [1.82, 2.24) is 5.32 Å². The van der Waals surface area contributed by atoms with Gasteiger partial charge in [-0.1, -0.05) is 31.2 Å². The maximum Gasteiger partial charge on any atom is 0.227 e. The zero-order valence-corrected chi connectivity index (χ0v) is 17.9. The van der Waals surface area contributed by atoms with Crippen molar-refractivity contribution in [2.24, 2.45) is 5.92 Å². The molecule has 0 spiro atoms. The molecule has 0 radical (unpaired) electrons. The van der Waals surface area contributed by atoms with Gasteiger partial charge in [-0.3, -0.25) is 9.59 Å². The summed E-state index contributed by atoms with van der Waals surface area (Å²) in [7, 11) is 0. The molecule has 5 nitrogen and oxygen atoms in total. The van der Waals surface area contributed by atoms with Gasteiger partial charge in [0.05, 0.1) is 5.92 Å². The van der Waals surface area contributed by atoms with Crippen LogP contribution in [0, 0.1) is 11.7 Å². The van der Waals surface area contributed by atoms with Crippen LogP contribution < -0.4 is 10.2 Å². The van der Waals surface area contributed by atoms with E-state index in [1.807, 2.05) is 24.3 Å². The predicted octanol–water partition coefficient (Wildman–Crippen LogP) is 3.61. The molecule has 6 heteroatoms. The molecule has 2 heterocycles. The number of nitrogens with one attached hydrogen (secondary N) is 1. The summed E-state index contributed by atoms with van der Waals surface area (Å²) in [6.45, 7) is 4.15. The normalized spacial score (nSPS) is 20.6. The van der Waals surface area contributed by atoms with Crippen LogP contribution in [0.1, 0.15) is 37.3 Å². The quantitative estimate of drug-likeness (QED) is 0.771. The second kappa shape index (κ2) is 9.18. The minimum absolute atomic E-state index is 0.0243. The predicted molar refractivity (Wildman–Crippen MR) is 117 cm³/mol. The molecule has 0 aromatic heterocycles. The highest BCUT2D eigenvalue weighted by Gasteiger charge is 2.38. The number of aryl methyl sites for hydroxylation is 1. The maximum atomic E-state index is 13.4. The van der Waals surface area contributed by atoms with Crippen molar-refractivity contribution < 1.29 is 18.7 Å². The highest BCUT2D eigenvalue weighted by atomic mass is 19.1. The third kappa shape index (κ3) is 4.64. The molecule has 0 saturated carbocycles. The smallest absolute Gasteiger partial charge is 0.227 e. The lowest BCUT2D eigenvalue weighted by Crippen LogP contribution is -2.46. The third-order valence-electron chi connectivity index (χ3n) is 6.66. The van der Waals surface area contributed by atoms with E-state index >= 15 is 0 Å². The van der Waals surface area contributed by atoms with Gasteiger partial charge in [0.15, 0.2) is 0 Å². The number of carbonyl (C=O) groups is 2. The molecule has 164 valence electrons. The van der Waals surface area contributed by atoms with Gasteiger partial charge in [0.25, 0.3) is 0 Å². The number of hydrogen-bond donors (Lipinski definition) is 1. The second-order valence-corrected chi connectivity index (χ2v) is 8.54. The molecule has 4 rings (SSSR count). The van der Waals surface area contributed by atoms with Crippen LogP contribution in [0.2, 0.25) is 0 Å². The second-order valence-electron chi connectivity index (χ2n) is 8.54. The molecule has 0 aliphatic carbocycles. The Hall–Kier alpha value is -2.73.